The minimum absolute atomic E-state index is 0.0508. The number of aromatic nitrogens is 2. The minimum Gasteiger partial charge on any atom is -0.497 e. The molecule has 0 spiro atoms. The lowest BCUT2D eigenvalue weighted by atomic mass is 10.0. The molecule has 2 aromatic heterocycles. The predicted molar refractivity (Wildman–Crippen MR) is 96.2 cm³/mol. The fourth-order valence-electron chi connectivity index (χ4n) is 3.42. The highest BCUT2D eigenvalue weighted by atomic mass is 35.5. The molecule has 0 unspecified atom stereocenters. The van der Waals surface area contributed by atoms with Gasteiger partial charge in [0.2, 0.25) is 0 Å². The van der Waals surface area contributed by atoms with Crippen LogP contribution in [-0.4, -0.2) is 33.8 Å². The number of carbonyl (C=O) groups is 1. The van der Waals surface area contributed by atoms with Crippen LogP contribution in [0.4, 0.5) is 0 Å². The first-order chi connectivity index (χ1) is 12.2. The number of benzene rings is 1. The smallest absolute Gasteiger partial charge is 0.274 e. The Kier molecular flexibility index (Phi) is 4.09. The number of pyridine rings is 1. The molecule has 25 heavy (non-hydrogen) atoms. The quantitative estimate of drug-likeness (QED) is 0.714. The first-order valence-corrected chi connectivity index (χ1v) is 8.63. The molecule has 3 aromatic rings. The van der Waals surface area contributed by atoms with Crippen molar-refractivity contribution in [3.05, 3.63) is 65.1 Å². The van der Waals surface area contributed by atoms with E-state index in [0.717, 1.165) is 30.7 Å². The fourth-order valence-corrected chi connectivity index (χ4v) is 3.59. The lowest BCUT2D eigenvalue weighted by molar-refractivity contribution is 0.0730. The summed E-state index contributed by atoms with van der Waals surface area (Å²) in [6.07, 6.45) is 5.42. The van der Waals surface area contributed by atoms with Crippen molar-refractivity contribution in [1.82, 2.24) is 14.3 Å². The second kappa shape index (κ2) is 6.41. The van der Waals surface area contributed by atoms with E-state index in [9.17, 15) is 4.79 Å². The molecule has 0 bridgehead atoms. The molecule has 0 N–H and O–H groups in total. The van der Waals surface area contributed by atoms with E-state index in [1.54, 1.807) is 30.0 Å². The Morgan fingerprint density at radius 3 is 3.00 bits per heavy atom. The summed E-state index contributed by atoms with van der Waals surface area (Å²) < 4.78 is 7.10. The third kappa shape index (κ3) is 2.96. The molecule has 1 amide bonds. The van der Waals surface area contributed by atoms with Gasteiger partial charge in [0.05, 0.1) is 18.2 Å². The lowest BCUT2D eigenvalue weighted by Crippen LogP contribution is -2.30. The van der Waals surface area contributed by atoms with Crippen LogP contribution in [0.25, 0.3) is 5.65 Å². The highest BCUT2D eigenvalue weighted by Gasteiger charge is 2.32. The maximum Gasteiger partial charge on any atom is 0.274 e. The standard InChI is InChI=1S/C19H18ClN3O2/c1-25-15-5-2-4-13(10-15)17-6-3-9-23(17)19(24)16-12-22-11-14(20)7-8-18(22)21-16/h2,4-5,7-8,10-12,17H,3,6,9H2,1H3/t17-/m1/s1. The van der Waals surface area contributed by atoms with Crippen molar-refractivity contribution in [1.29, 1.82) is 0 Å². The Morgan fingerprint density at radius 1 is 1.28 bits per heavy atom. The topological polar surface area (TPSA) is 46.8 Å². The summed E-state index contributed by atoms with van der Waals surface area (Å²) in [7, 11) is 1.65. The van der Waals surface area contributed by atoms with Crippen LogP contribution >= 0.6 is 11.6 Å². The fraction of sp³-hybridized carbons (Fsp3) is 0.263. The molecule has 0 saturated carbocycles. The van der Waals surface area contributed by atoms with Gasteiger partial charge in [-0.2, -0.15) is 0 Å². The van der Waals surface area contributed by atoms with E-state index in [1.807, 2.05) is 35.2 Å². The van der Waals surface area contributed by atoms with Gasteiger partial charge in [-0.3, -0.25) is 4.79 Å². The average molecular weight is 356 g/mol. The molecule has 4 rings (SSSR count). The van der Waals surface area contributed by atoms with Gasteiger partial charge in [0.25, 0.3) is 5.91 Å². The Morgan fingerprint density at radius 2 is 2.16 bits per heavy atom. The Labute approximate surface area is 150 Å². The number of amides is 1. The first-order valence-electron chi connectivity index (χ1n) is 8.25. The number of methoxy groups -OCH3 is 1. The second-order valence-corrected chi connectivity index (χ2v) is 6.61. The van der Waals surface area contributed by atoms with E-state index < -0.39 is 0 Å². The largest absolute Gasteiger partial charge is 0.497 e. The van der Waals surface area contributed by atoms with Crippen molar-refractivity contribution < 1.29 is 9.53 Å². The number of fused-ring (bicyclic) bond motifs is 1. The molecule has 128 valence electrons. The van der Waals surface area contributed by atoms with Crippen LogP contribution < -0.4 is 4.74 Å². The van der Waals surface area contributed by atoms with E-state index in [1.165, 1.54) is 0 Å². The first kappa shape index (κ1) is 16.0. The van der Waals surface area contributed by atoms with Gasteiger partial charge in [-0.05, 0) is 42.7 Å². The van der Waals surface area contributed by atoms with Gasteiger partial charge >= 0.3 is 0 Å². The molecule has 0 aliphatic carbocycles. The number of carbonyl (C=O) groups excluding carboxylic acids is 1. The molecule has 1 atom stereocenters. The van der Waals surface area contributed by atoms with Crippen molar-refractivity contribution >= 4 is 23.2 Å². The number of rotatable bonds is 3. The van der Waals surface area contributed by atoms with E-state index in [-0.39, 0.29) is 11.9 Å². The number of nitrogens with zero attached hydrogens (tertiary/aromatic N) is 3. The zero-order valence-electron chi connectivity index (χ0n) is 13.9. The number of hydrogen-bond donors (Lipinski definition) is 0. The van der Waals surface area contributed by atoms with E-state index >= 15 is 0 Å². The van der Waals surface area contributed by atoms with Crippen molar-refractivity contribution in [2.75, 3.05) is 13.7 Å². The number of ether oxygens (including phenoxy) is 1. The van der Waals surface area contributed by atoms with Crippen LogP contribution in [0.2, 0.25) is 5.02 Å². The zero-order valence-corrected chi connectivity index (χ0v) is 14.6. The number of likely N-dealkylation sites (tertiary alicyclic amines) is 1. The summed E-state index contributed by atoms with van der Waals surface area (Å²) in [6, 6.07) is 11.5. The predicted octanol–water partition coefficient (Wildman–Crippen LogP) is 3.97. The third-order valence-corrected chi connectivity index (χ3v) is 4.85. The molecule has 6 heteroatoms. The van der Waals surface area contributed by atoms with Crippen LogP contribution in [0.15, 0.2) is 48.8 Å². The van der Waals surface area contributed by atoms with Crippen LogP contribution in [0, 0.1) is 0 Å². The van der Waals surface area contributed by atoms with E-state index in [0.29, 0.717) is 16.4 Å². The summed E-state index contributed by atoms with van der Waals surface area (Å²) in [6.45, 7) is 0.731. The summed E-state index contributed by atoms with van der Waals surface area (Å²) in [5.74, 6) is 0.754. The van der Waals surface area contributed by atoms with Crippen LogP contribution in [-0.2, 0) is 0 Å². The molecule has 1 aliphatic rings. The van der Waals surface area contributed by atoms with E-state index in [2.05, 4.69) is 4.98 Å². The summed E-state index contributed by atoms with van der Waals surface area (Å²) in [5, 5.41) is 0.610. The van der Waals surface area contributed by atoms with Crippen LogP contribution in [0.1, 0.15) is 34.9 Å². The third-order valence-electron chi connectivity index (χ3n) is 4.63. The minimum atomic E-state index is -0.0508. The molecule has 5 nitrogen and oxygen atoms in total. The number of imidazole rings is 1. The van der Waals surface area contributed by atoms with Crippen molar-refractivity contribution in [2.45, 2.75) is 18.9 Å². The maximum atomic E-state index is 13.0. The van der Waals surface area contributed by atoms with Gasteiger partial charge in [-0.25, -0.2) is 4.98 Å². The number of hydrogen-bond acceptors (Lipinski definition) is 3. The zero-order chi connectivity index (χ0) is 17.4. The highest BCUT2D eigenvalue weighted by Crippen LogP contribution is 2.34. The maximum absolute atomic E-state index is 13.0. The normalized spacial score (nSPS) is 17.2. The van der Waals surface area contributed by atoms with Gasteiger partial charge in [0, 0.05) is 18.9 Å². The average Bonchev–Trinajstić information content (AvgIpc) is 3.27. The van der Waals surface area contributed by atoms with Crippen molar-refractivity contribution in [3.8, 4) is 5.75 Å². The summed E-state index contributed by atoms with van der Waals surface area (Å²) in [4.78, 5) is 19.4. The molecule has 1 fully saturated rings. The van der Waals surface area contributed by atoms with Gasteiger partial charge in [0.15, 0.2) is 0 Å². The second-order valence-electron chi connectivity index (χ2n) is 6.17. The molecule has 1 aliphatic heterocycles. The molecular weight excluding hydrogens is 338 g/mol. The molecule has 1 saturated heterocycles. The molecule has 0 radical (unpaired) electrons. The molecular formula is C19H18ClN3O2. The summed E-state index contributed by atoms with van der Waals surface area (Å²) in [5.41, 5.74) is 2.25. The number of halogens is 1. The lowest BCUT2D eigenvalue weighted by Gasteiger charge is -2.24. The van der Waals surface area contributed by atoms with E-state index in [4.69, 9.17) is 16.3 Å². The van der Waals surface area contributed by atoms with Gasteiger partial charge in [-0.1, -0.05) is 23.7 Å². The summed E-state index contributed by atoms with van der Waals surface area (Å²) >= 11 is 6.01. The molecule has 3 heterocycles. The molecule has 1 aromatic carbocycles. The van der Waals surface area contributed by atoms with Crippen LogP contribution in [0.3, 0.4) is 0 Å². The monoisotopic (exact) mass is 355 g/mol. The highest BCUT2D eigenvalue weighted by molar-refractivity contribution is 6.30. The Hall–Kier alpha value is -2.53. The Bertz CT molecular complexity index is 937. The van der Waals surface area contributed by atoms with Crippen LogP contribution in [0.5, 0.6) is 5.75 Å². The van der Waals surface area contributed by atoms with Crippen molar-refractivity contribution in [2.24, 2.45) is 0 Å². The van der Waals surface area contributed by atoms with Crippen molar-refractivity contribution in [3.63, 3.8) is 0 Å². The SMILES string of the molecule is COc1cccc([C@H]2CCCN2C(=O)c2cn3cc(Cl)ccc3n2)c1. The van der Waals surface area contributed by atoms with Gasteiger partial charge in [-0.15, -0.1) is 0 Å². The van der Waals surface area contributed by atoms with Gasteiger partial charge in [0.1, 0.15) is 17.1 Å². The Balaban J connectivity index is 1.65. The van der Waals surface area contributed by atoms with Gasteiger partial charge < -0.3 is 14.0 Å².